The minimum atomic E-state index is -0.292. The van der Waals surface area contributed by atoms with Gasteiger partial charge in [-0.15, -0.1) is 0 Å². The molecule has 3 N–H and O–H groups in total. The summed E-state index contributed by atoms with van der Waals surface area (Å²) in [7, 11) is 1.58. The molecule has 0 radical (unpaired) electrons. The lowest BCUT2D eigenvalue weighted by atomic mass is 10.1. The van der Waals surface area contributed by atoms with Crippen molar-refractivity contribution in [3.63, 3.8) is 0 Å². The average Bonchev–Trinajstić information content (AvgIpc) is 3.18. The molecule has 2 aromatic heterocycles. The van der Waals surface area contributed by atoms with Gasteiger partial charge in [0.15, 0.2) is 11.4 Å². The first-order chi connectivity index (χ1) is 12.8. The van der Waals surface area contributed by atoms with Gasteiger partial charge in [0.1, 0.15) is 12.1 Å². The summed E-state index contributed by atoms with van der Waals surface area (Å²) in [5.74, 6) is 0.674. The number of hydrogen-bond donors (Lipinski definition) is 3. The van der Waals surface area contributed by atoms with Gasteiger partial charge in [-0.25, -0.2) is 9.97 Å². The van der Waals surface area contributed by atoms with Crippen LogP contribution >= 0.6 is 0 Å². The number of amides is 1. The first kappa shape index (κ1) is 16.3. The van der Waals surface area contributed by atoms with Gasteiger partial charge in [-0.05, 0) is 12.1 Å². The molecule has 9 heteroatoms. The zero-order valence-corrected chi connectivity index (χ0v) is 14.3. The first-order valence-electron chi connectivity index (χ1n) is 8.36. The number of benzene rings is 1. The lowest BCUT2D eigenvalue weighted by Gasteiger charge is -2.31. The van der Waals surface area contributed by atoms with Crippen molar-refractivity contribution in [2.75, 3.05) is 43.5 Å². The molecule has 1 aliphatic rings. The Bertz CT molecular complexity index is 934. The van der Waals surface area contributed by atoms with E-state index in [4.69, 9.17) is 4.74 Å². The largest absolute Gasteiger partial charge is 0.494 e. The van der Waals surface area contributed by atoms with Crippen LogP contribution in [0.25, 0.3) is 11.0 Å². The number of carbonyl (C=O) groups is 1. The molecule has 1 aromatic carbocycles. The van der Waals surface area contributed by atoms with E-state index in [0.717, 1.165) is 31.9 Å². The Morgan fingerprint density at radius 3 is 2.92 bits per heavy atom. The normalized spacial score (nSPS) is 14.4. The second kappa shape index (κ2) is 6.96. The van der Waals surface area contributed by atoms with Crippen LogP contribution in [0, 0.1) is 0 Å². The number of fused-ring (bicyclic) bond motifs is 1. The third kappa shape index (κ3) is 2.93. The molecule has 4 rings (SSSR count). The molecule has 0 bridgehead atoms. The van der Waals surface area contributed by atoms with Gasteiger partial charge in [0, 0.05) is 26.2 Å². The van der Waals surface area contributed by atoms with Crippen molar-refractivity contribution in [2.24, 2.45) is 0 Å². The molecular formula is C17H19N7O2. The van der Waals surface area contributed by atoms with E-state index in [1.54, 1.807) is 19.4 Å². The number of H-pyrrole nitrogens is 1. The van der Waals surface area contributed by atoms with Crippen LogP contribution in [0.2, 0.25) is 0 Å². The quantitative estimate of drug-likeness (QED) is 0.643. The summed E-state index contributed by atoms with van der Waals surface area (Å²) in [6.07, 6.45) is 2.96. The number of hydrogen-bond acceptors (Lipinski definition) is 7. The first-order valence-corrected chi connectivity index (χ1v) is 8.36. The van der Waals surface area contributed by atoms with Crippen LogP contribution in [0.1, 0.15) is 10.4 Å². The predicted molar refractivity (Wildman–Crippen MR) is 97.7 cm³/mol. The maximum Gasteiger partial charge on any atom is 0.260 e. The number of aromatic nitrogens is 4. The summed E-state index contributed by atoms with van der Waals surface area (Å²) in [5.41, 5.74) is 1.94. The number of rotatable bonds is 4. The smallest absolute Gasteiger partial charge is 0.260 e. The van der Waals surface area contributed by atoms with Gasteiger partial charge in [0.05, 0.1) is 29.9 Å². The SMILES string of the molecule is COc1c(C(=O)Nc2ncnc3[nH]ncc23)cccc1N1CCNCC1. The topological polar surface area (TPSA) is 108 Å². The van der Waals surface area contributed by atoms with E-state index in [2.05, 4.69) is 35.7 Å². The standard InChI is InChI=1S/C17H19N7O2/c1-26-14-11(3-2-4-13(14)24-7-5-18-6-8-24)17(25)22-15-12-9-21-23-16(12)20-10-19-15/h2-4,9-10,18H,5-8H2,1H3,(H2,19,20,21,22,23,25). The number of ether oxygens (including phenoxy) is 1. The zero-order chi connectivity index (χ0) is 17.9. The van der Waals surface area contributed by atoms with Crippen LogP contribution in [0.3, 0.4) is 0 Å². The van der Waals surface area contributed by atoms with Crippen LogP contribution in [0.5, 0.6) is 5.75 Å². The second-order valence-electron chi connectivity index (χ2n) is 5.90. The van der Waals surface area contributed by atoms with Crippen molar-refractivity contribution in [2.45, 2.75) is 0 Å². The van der Waals surface area contributed by atoms with E-state index < -0.39 is 0 Å². The number of piperazine rings is 1. The number of anilines is 2. The number of nitrogens with one attached hydrogen (secondary N) is 3. The van der Waals surface area contributed by atoms with Gasteiger partial charge < -0.3 is 20.3 Å². The third-order valence-electron chi connectivity index (χ3n) is 4.38. The van der Waals surface area contributed by atoms with E-state index in [9.17, 15) is 4.79 Å². The fourth-order valence-corrected chi connectivity index (χ4v) is 3.11. The van der Waals surface area contributed by atoms with E-state index in [-0.39, 0.29) is 5.91 Å². The molecule has 0 atom stereocenters. The highest BCUT2D eigenvalue weighted by Gasteiger charge is 2.21. The van der Waals surface area contributed by atoms with Gasteiger partial charge in [-0.3, -0.25) is 9.89 Å². The Labute approximate surface area is 149 Å². The highest BCUT2D eigenvalue weighted by Crippen LogP contribution is 2.33. The Morgan fingerprint density at radius 1 is 1.27 bits per heavy atom. The van der Waals surface area contributed by atoms with Crippen LogP contribution in [0.4, 0.5) is 11.5 Å². The van der Waals surface area contributed by atoms with E-state index in [1.807, 2.05) is 12.1 Å². The number of methoxy groups -OCH3 is 1. The van der Waals surface area contributed by atoms with Crippen molar-refractivity contribution in [3.05, 3.63) is 36.3 Å². The number of carbonyl (C=O) groups excluding carboxylic acids is 1. The molecule has 0 spiro atoms. The molecule has 26 heavy (non-hydrogen) atoms. The summed E-state index contributed by atoms with van der Waals surface area (Å²) in [4.78, 5) is 23.3. The zero-order valence-electron chi connectivity index (χ0n) is 14.3. The predicted octanol–water partition coefficient (Wildman–Crippen LogP) is 1.02. The molecule has 1 aliphatic heterocycles. The number of nitrogens with zero attached hydrogens (tertiary/aromatic N) is 4. The van der Waals surface area contributed by atoms with E-state index in [1.165, 1.54) is 6.33 Å². The summed E-state index contributed by atoms with van der Waals surface area (Å²) in [6, 6.07) is 5.58. The van der Waals surface area contributed by atoms with E-state index in [0.29, 0.717) is 28.2 Å². The van der Waals surface area contributed by atoms with Gasteiger partial charge in [-0.2, -0.15) is 5.10 Å². The molecule has 1 fully saturated rings. The molecule has 9 nitrogen and oxygen atoms in total. The Hall–Kier alpha value is -3.20. The average molecular weight is 353 g/mol. The summed E-state index contributed by atoms with van der Waals surface area (Å²) < 4.78 is 5.59. The van der Waals surface area contributed by atoms with Gasteiger partial charge in [-0.1, -0.05) is 6.07 Å². The minimum Gasteiger partial charge on any atom is -0.494 e. The molecule has 0 aliphatic carbocycles. The number of para-hydroxylation sites is 1. The van der Waals surface area contributed by atoms with Crippen molar-refractivity contribution >= 4 is 28.4 Å². The fraction of sp³-hybridized carbons (Fsp3) is 0.294. The highest BCUT2D eigenvalue weighted by atomic mass is 16.5. The maximum atomic E-state index is 12.9. The second-order valence-corrected chi connectivity index (χ2v) is 5.90. The van der Waals surface area contributed by atoms with Crippen LogP contribution < -0.4 is 20.3 Å². The van der Waals surface area contributed by atoms with Gasteiger partial charge >= 0.3 is 0 Å². The highest BCUT2D eigenvalue weighted by molar-refractivity contribution is 6.09. The lowest BCUT2D eigenvalue weighted by molar-refractivity contribution is 0.102. The molecule has 0 unspecified atom stereocenters. The van der Waals surface area contributed by atoms with Crippen molar-refractivity contribution in [1.82, 2.24) is 25.5 Å². The third-order valence-corrected chi connectivity index (χ3v) is 4.38. The van der Waals surface area contributed by atoms with Crippen molar-refractivity contribution < 1.29 is 9.53 Å². The van der Waals surface area contributed by atoms with Gasteiger partial charge in [0.25, 0.3) is 5.91 Å². The summed E-state index contributed by atoms with van der Waals surface area (Å²) in [6.45, 7) is 3.53. The molecular weight excluding hydrogens is 334 g/mol. The molecule has 0 saturated carbocycles. The van der Waals surface area contributed by atoms with Crippen LogP contribution in [0.15, 0.2) is 30.7 Å². The van der Waals surface area contributed by atoms with Crippen LogP contribution in [-0.4, -0.2) is 59.4 Å². The monoisotopic (exact) mass is 353 g/mol. The van der Waals surface area contributed by atoms with Crippen molar-refractivity contribution in [3.8, 4) is 5.75 Å². The maximum absolute atomic E-state index is 12.9. The van der Waals surface area contributed by atoms with Crippen molar-refractivity contribution in [1.29, 1.82) is 0 Å². The molecule has 1 amide bonds. The van der Waals surface area contributed by atoms with Gasteiger partial charge in [0.2, 0.25) is 0 Å². The Balaban J connectivity index is 1.66. The summed E-state index contributed by atoms with van der Waals surface area (Å²) >= 11 is 0. The van der Waals surface area contributed by atoms with Crippen LogP contribution in [-0.2, 0) is 0 Å². The molecule has 3 aromatic rings. The lowest BCUT2D eigenvalue weighted by Crippen LogP contribution is -2.43. The minimum absolute atomic E-state index is 0.292. The Morgan fingerprint density at radius 2 is 2.12 bits per heavy atom. The summed E-state index contributed by atoms with van der Waals surface area (Å²) in [5, 5.41) is 13.5. The number of aromatic amines is 1. The molecule has 3 heterocycles. The molecule has 134 valence electrons. The molecule has 1 saturated heterocycles. The fourth-order valence-electron chi connectivity index (χ4n) is 3.11. The van der Waals surface area contributed by atoms with E-state index >= 15 is 0 Å². The Kier molecular flexibility index (Phi) is 4.36.